The molecule has 2 N–H and O–H groups in total. The molecule has 28 heavy (non-hydrogen) atoms. The second-order valence-corrected chi connectivity index (χ2v) is 6.94. The topological polar surface area (TPSA) is 91.4 Å². The number of piperidine rings is 1. The second kappa shape index (κ2) is 9.12. The van der Waals surface area contributed by atoms with Crippen LogP contribution < -0.4 is 10.6 Å². The maximum absolute atomic E-state index is 12.5. The predicted octanol–water partition coefficient (Wildman–Crippen LogP) is 2.00. The summed E-state index contributed by atoms with van der Waals surface area (Å²) >= 11 is 0. The van der Waals surface area contributed by atoms with Gasteiger partial charge in [0.2, 0.25) is 11.8 Å². The van der Waals surface area contributed by atoms with Crippen molar-refractivity contribution in [3.8, 4) is 0 Å². The molecule has 1 unspecified atom stereocenters. The van der Waals surface area contributed by atoms with E-state index in [4.69, 9.17) is 0 Å². The fourth-order valence-electron chi connectivity index (χ4n) is 3.15. The smallest absolute Gasteiger partial charge is 0.251 e. The van der Waals surface area contributed by atoms with E-state index in [0.717, 1.165) is 18.4 Å². The predicted molar refractivity (Wildman–Crippen MR) is 106 cm³/mol. The van der Waals surface area contributed by atoms with Crippen LogP contribution in [0.3, 0.4) is 0 Å². The van der Waals surface area contributed by atoms with Crippen LogP contribution in [-0.4, -0.2) is 47.2 Å². The van der Waals surface area contributed by atoms with Gasteiger partial charge in [-0.05, 0) is 43.5 Å². The first-order chi connectivity index (χ1) is 13.5. The van der Waals surface area contributed by atoms with Gasteiger partial charge in [0.15, 0.2) is 0 Å². The molecule has 2 heterocycles. The summed E-state index contributed by atoms with van der Waals surface area (Å²) in [4.78, 5) is 42.9. The summed E-state index contributed by atoms with van der Waals surface area (Å²) in [6.07, 6.45) is 3.16. The third kappa shape index (κ3) is 5.16. The van der Waals surface area contributed by atoms with E-state index in [2.05, 4.69) is 15.6 Å². The molecule has 0 radical (unpaired) electrons. The van der Waals surface area contributed by atoms with Crippen molar-refractivity contribution in [2.75, 3.05) is 25.0 Å². The third-order valence-corrected chi connectivity index (χ3v) is 4.74. The Labute approximate surface area is 164 Å². The number of pyridine rings is 1. The minimum absolute atomic E-state index is 0.0818. The Morgan fingerprint density at radius 1 is 1.14 bits per heavy atom. The van der Waals surface area contributed by atoms with Crippen molar-refractivity contribution in [1.82, 2.24) is 15.2 Å². The fraction of sp³-hybridized carbons (Fsp3) is 0.333. The van der Waals surface area contributed by atoms with E-state index in [9.17, 15) is 14.4 Å². The fourth-order valence-corrected chi connectivity index (χ4v) is 3.15. The van der Waals surface area contributed by atoms with Crippen molar-refractivity contribution in [2.24, 2.45) is 5.92 Å². The Balaban J connectivity index is 1.50. The zero-order valence-electron chi connectivity index (χ0n) is 15.9. The van der Waals surface area contributed by atoms with Crippen LogP contribution in [0.2, 0.25) is 0 Å². The number of aromatic nitrogens is 1. The van der Waals surface area contributed by atoms with Crippen LogP contribution in [0.1, 0.15) is 28.8 Å². The van der Waals surface area contributed by atoms with Gasteiger partial charge in [0.05, 0.1) is 12.5 Å². The molecular formula is C21H24N4O3. The molecule has 1 aliphatic heterocycles. The lowest BCUT2D eigenvalue weighted by Gasteiger charge is -2.32. The molecule has 146 valence electrons. The van der Waals surface area contributed by atoms with Crippen LogP contribution in [0.5, 0.6) is 0 Å². The molecule has 2 aromatic rings. The van der Waals surface area contributed by atoms with Gasteiger partial charge in [-0.3, -0.25) is 14.4 Å². The number of nitrogens with zero attached hydrogens (tertiary/aromatic N) is 2. The number of carbonyl (C=O) groups is 3. The van der Waals surface area contributed by atoms with Gasteiger partial charge in [-0.25, -0.2) is 4.98 Å². The summed E-state index contributed by atoms with van der Waals surface area (Å²) in [5, 5.41) is 5.46. The lowest BCUT2D eigenvalue weighted by atomic mass is 9.97. The molecule has 1 aromatic carbocycles. The normalized spacial score (nSPS) is 16.3. The summed E-state index contributed by atoms with van der Waals surface area (Å²) in [6.45, 7) is 2.78. The molecule has 7 heteroatoms. The third-order valence-electron chi connectivity index (χ3n) is 4.74. The minimum Gasteiger partial charge on any atom is -0.343 e. The van der Waals surface area contributed by atoms with E-state index in [1.165, 1.54) is 0 Å². The van der Waals surface area contributed by atoms with Gasteiger partial charge in [-0.2, -0.15) is 0 Å². The average molecular weight is 380 g/mol. The first-order valence-electron chi connectivity index (χ1n) is 9.37. The summed E-state index contributed by atoms with van der Waals surface area (Å²) in [5.41, 5.74) is 1.53. The number of aryl methyl sites for hydroxylation is 1. The number of anilines is 1. The summed E-state index contributed by atoms with van der Waals surface area (Å²) in [5.74, 6) is -0.386. The van der Waals surface area contributed by atoms with E-state index >= 15 is 0 Å². The average Bonchev–Trinajstić information content (AvgIpc) is 2.74. The van der Waals surface area contributed by atoms with Crippen LogP contribution in [0.25, 0.3) is 0 Å². The number of benzene rings is 1. The van der Waals surface area contributed by atoms with Gasteiger partial charge in [0.1, 0.15) is 5.82 Å². The summed E-state index contributed by atoms with van der Waals surface area (Å²) in [7, 11) is 0. The molecule has 7 nitrogen and oxygen atoms in total. The van der Waals surface area contributed by atoms with Crippen molar-refractivity contribution >= 4 is 23.5 Å². The molecule has 1 fully saturated rings. The molecule has 1 aromatic heterocycles. The minimum atomic E-state index is -0.286. The van der Waals surface area contributed by atoms with E-state index in [1.54, 1.807) is 41.4 Å². The quantitative estimate of drug-likeness (QED) is 0.830. The Morgan fingerprint density at radius 3 is 2.64 bits per heavy atom. The Hall–Kier alpha value is -3.22. The molecule has 0 saturated carbocycles. The molecule has 0 aliphatic carbocycles. The SMILES string of the molecule is Cc1ccc(NC(=O)C2CCCN(C(=O)CNC(=O)c3ccccc3)C2)nc1. The zero-order chi connectivity index (χ0) is 19.9. The van der Waals surface area contributed by atoms with Crippen molar-refractivity contribution in [2.45, 2.75) is 19.8 Å². The first-order valence-corrected chi connectivity index (χ1v) is 9.37. The lowest BCUT2D eigenvalue weighted by Crippen LogP contribution is -2.47. The molecular weight excluding hydrogens is 356 g/mol. The van der Waals surface area contributed by atoms with Gasteiger partial charge < -0.3 is 15.5 Å². The van der Waals surface area contributed by atoms with Crippen LogP contribution in [0.15, 0.2) is 48.7 Å². The van der Waals surface area contributed by atoms with E-state index < -0.39 is 0 Å². The highest BCUT2D eigenvalue weighted by Crippen LogP contribution is 2.18. The molecule has 3 rings (SSSR count). The molecule has 0 spiro atoms. The monoisotopic (exact) mass is 380 g/mol. The number of carbonyl (C=O) groups excluding carboxylic acids is 3. The van der Waals surface area contributed by atoms with Crippen LogP contribution in [-0.2, 0) is 9.59 Å². The number of hydrogen-bond donors (Lipinski definition) is 2. The number of nitrogens with one attached hydrogen (secondary N) is 2. The first kappa shape index (κ1) is 19.5. The number of likely N-dealkylation sites (tertiary alicyclic amines) is 1. The number of hydrogen-bond acceptors (Lipinski definition) is 4. The van der Waals surface area contributed by atoms with E-state index in [1.807, 2.05) is 19.1 Å². The Kier molecular flexibility index (Phi) is 6.37. The van der Waals surface area contributed by atoms with Crippen molar-refractivity contribution in [3.05, 3.63) is 59.8 Å². The van der Waals surface area contributed by atoms with Crippen molar-refractivity contribution in [3.63, 3.8) is 0 Å². The summed E-state index contributed by atoms with van der Waals surface area (Å²) in [6, 6.07) is 12.4. The van der Waals surface area contributed by atoms with Crippen molar-refractivity contribution in [1.29, 1.82) is 0 Å². The standard InChI is InChI=1S/C21H24N4O3/c1-15-9-10-18(22-12-15)24-21(28)17-8-5-11-25(14-17)19(26)13-23-20(27)16-6-3-2-4-7-16/h2-4,6-7,9-10,12,17H,5,8,11,13-14H2,1H3,(H,23,27)(H,22,24,28). The molecule has 1 aliphatic rings. The van der Waals surface area contributed by atoms with Crippen LogP contribution in [0.4, 0.5) is 5.82 Å². The van der Waals surface area contributed by atoms with Gasteiger partial charge in [-0.1, -0.05) is 24.3 Å². The Bertz CT molecular complexity index is 836. The Morgan fingerprint density at radius 2 is 1.93 bits per heavy atom. The number of amides is 3. The van der Waals surface area contributed by atoms with E-state index in [-0.39, 0.29) is 30.2 Å². The highest BCUT2D eigenvalue weighted by Gasteiger charge is 2.28. The van der Waals surface area contributed by atoms with Crippen LogP contribution >= 0.6 is 0 Å². The number of rotatable bonds is 5. The van der Waals surface area contributed by atoms with Gasteiger partial charge in [-0.15, -0.1) is 0 Å². The molecule has 3 amide bonds. The largest absolute Gasteiger partial charge is 0.343 e. The van der Waals surface area contributed by atoms with E-state index in [0.29, 0.717) is 24.5 Å². The summed E-state index contributed by atoms with van der Waals surface area (Å²) < 4.78 is 0. The molecule has 1 saturated heterocycles. The van der Waals surface area contributed by atoms with Gasteiger partial charge in [0, 0.05) is 24.8 Å². The lowest BCUT2D eigenvalue weighted by molar-refractivity contribution is -0.133. The van der Waals surface area contributed by atoms with Gasteiger partial charge >= 0.3 is 0 Å². The highest BCUT2D eigenvalue weighted by atomic mass is 16.2. The van der Waals surface area contributed by atoms with Crippen LogP contribution in [0, 0.1) is 12.8 Å². The molecule has 0 bridgehead atoms. The molecule has 1 atom stereocenters. The maximum Gasteiger partial charge on any atom is 0.251 e. The zero-order valence-corrected chi connectivity index (χ0v) is 15.9. The second-order valence-electron chi connectivity index (χ2n) is 6.94. The van der Waals surface area contributed by atoms with Gasteiger partial charge in [0.25, 0.3) is 5.91 Å². The van der Waals surface area contributed by atoms with Crippen molar-refractivity contribution < 1.29 is 14.4 Å². The maximum atomic E-state index is 12.5. The highest BCUT2D eigenvalue weighted by molar-refractivity contribution is 5.96.